The average Bonchev–Trinajstić information content (AvgIpc) is 3.36. The summed E-state index contributed by atoms with van der Waals surface area (Å²) < 4.78 is 5.46. The third-order valence-corrected chi connectivity index (χ3v) is 14.4. The molecule has 0 aliphatic carbocycles. The smallest absolute Gasteiger partial charge is 0.305 e. The van der Waals surface area contributed by atoms with E-state index in [1.54, 1.807) is 0 Å². The molecule has 0 saturated carbocycles. The first-order valence-corrected chi connectivity index (χ1v) is 31.2. The van der Waals surface area contributed by atoms with E-state index in [-0.39, 0.29) is 18.5 Å². The molecular formula is C64H121NO5. The summed E-state index contributed by atoms with van der Waals surface area (Å²) in [6.07, 6.45) is 74.4. The number of hydrogen-bond donors (Lipinski definition) is 3. The summed E-state index contributed by atoms with van der Waals surface area (Å²) >= 11 is 0. The van der Waals surface area contributed by atoms with Crippen molar-refractivity contribution in [1.82, 2.24) is 5.32 Å². The van der Waals surface area contributed by atoms with Crippen molar-refractivity contribution in [2.75, 3.05) is 13.2 Å². The van der Waals surface area contributed by atoms with Crippen molar-refractivity contribution >= 4 is 11.9 Å². The van der Waals surface area contributed by atoms with Crippen molar-refractivity contribution < 1.29 is 24.5 Å². The molecule has 6 nitrogen and oxygen atoms in total. The van der Waals surface area contributed by atoms with Gasteiger partial charge in [-0.3, -0.25) is 9.59 Å². The fourth-order valence-corrected chi connectivity index (χ4v) is 9.61. The van der Waals surface area contributed by atoms with E-state index in [0.29, 0.717) is 25.9 Å². The van der Waals surface area contributed by atoms with Crippen LogP contribution >= 0.6 is 0 Å². The lowest BCUT2D eigenvalue weighted by Gasteiger charge is -2.22. The van der Waals surface area contributed by atoms with E-state index in [2.05, 4.69) is 55.6 Å². The highest BCUT2D eigenvalue weighted by molar-refractivity contribution is 5.76. The summed E-state index contributed by atoms with van der Waals surface area (Å²) in [6.45, 7) is 4.88. The van der Waals surface area contributed by atoms with E-state index in [9.17, 15) is 19.8 Å². The Kier molecular flexibility index (Phi) is 58.0. The van der Waals surface area contributed by atoms with E-state index in [1.807, 2.05) is 0 Å². The maximum Gasteiger partial charge on any atom is 0.305 e. The van der Waals surface area contributed by atoms with Crippen LogP contribution in [-0.2, 0) is 14.3 Å². The van der Waals surface area contributed by atoms with E-state index >= 15 is 0 Å². The molecule has 0 aromatic carbocycles. The Morgan fingerprint density at radius 1 is 0.400 bits per heavy atom. The van der Waals surface area contributed by atoms with Gasteiger partial charge < -0.3 is 20.3 Å². The number of aliphatic hydroxyl groups is 2. The third-order valence-electron chi connectivity index (χ3n) is 14.4. The minimum atomic E-state index is -0.677. The zero-order valence-corrected chi connectivity index (χ0v) is 47.0. The molecule has 0 bridgehead atoms. The standard InChI is InChI=1S/C64H121NO5/c1-3-5-7-9-11-13-15-17-18-19-20-21-22-23-24-25-26-29-33-36-40-44-48-52-56-62(67)61(60-66)65-63(68)57-53-49-45-41-37-34-30-27-28-31-35-39-43-47-51-55-59-70-64(69)58-54-50-46-42-38-32-16-14-12-10-8-6-4-2/h8,10,14,16,27,30,61-62,66-67H,3-7,9,11-13,15,17-26,28-29,31-60H2,1-2H3,(H,65,68)/b10-8-,16-14-,30-27-. The molecule has 0 aliphatic heterocycles. The van der Waals surface area contributed by atoms with Crippen molar-refractivity contribution in [1.29, 1.82) is 0 Å². The van der Waals surface area contributed by atoms with Crippen LogP contribution in [0.4, 0.5) is 0 Å². The first kappa shape index (κ1) is 68.1. The van der Waals surface area contributed by atoms with Crippen LogP contribution in [-0.4, -0.2) is 47.4 Å². The average molecular weight is 985 g/mol. The second-order valence-electron chi connectivity index (χ2n) is 21.4. The highest BCUT2D eigenvalue weighted by Gasteiger charge is 2.20. The predicted molar refractivity (Wildman–Crippen MR) is 306 cm³/mol. The number of rotatable bonds is 58. The molecule has 0 aliphatic rings. The highest BCUT2D eigenvalue weighted by atomic mass is 16.5. The number of esters is 1. The van der Waals surface area contributed by atoms with Crippen LogP contribution in [0.2, 0.25) is 0 Å². The molecule has 0 radical (unpaired) electrons. The second kappa shape index (κ2) is 59.6. The van der Waals surface area contributed by atoms with Gasteiger partial charge in [-0.25, -0.2) is 0 Å². The SMILES string of the molecule is CCC/C=C\C/C=C\CCCCCCCC(=O)OCCCCCCCCC/C=C\CCCCCCCC(=O)NC(CO)C(O)CCCCCCCCCCCCCCCCCCCCCCCCCC. The van der Waals surface area contributed by atoms with Gasteiger partial charge in [0.25, 0.3) is 0 Å². The zero-order valence-electron chi connectivity index (χ0n) is 47.0. The maximum atomic E-state index is 12.5. The molecule has 2 atom stereocenters. The number of amides is 1. The molecule has 1 amide bonds. The van der Waals surface area contributed by atoms with Gasteiger partial charge in [-0.05, 0) is 77.0 Å². The summed E-state index contributed by atoms with van der Waals surface area (Å²) in [6, 6.07) is -0.556. The van der Waals surface area contributed by atoms with Crippen LogP contribution < -0.4 is 5.32 Å². The molecule has 412 valence electrons. The lowest BCUT2D eigenvalue weighted by Crippen LogP contribution is -2.45. The Morgan fingerprint density at radius 2 is 0.743 bits per heavy atom. The quantitative estimate of drug-likeness (QED) is 0.0321. The molecule has 2 unspecified atom stereocenters. The fourth-order valence-electron chi connectivity index (χ4n) is 9.61. The Bertz CT molecular complexity index is 1130. The largest absolute Gasteiger partial charge is 0.466 e. The van der Waals surface area contributed by atoms with E-state index in [1.165, 1.54) is 231 Å². The number of ether oxygens (including phenoxy) is 1. The first-order valence-electron chi connectivity index (χ1n) is 31.2. The van der Waals surface area contributed by atoms with E-state index < -0.39 is 12.1 Å². The van der Waals surface area contributed by atoms with Gasteiger partial charge in [0.1, 0.15) is 0 Å². The highest BCUT2D eigenvalue weighted by Crippen LogP contribution is 2.18. The molecule has 70 heavy (non-hydrogen) atoms. The van der Waals surface area contributed by atoms with Crippen LogP contribution in [0.1, 0.15) is 335 Å². The third kappa shape index (κ3) is 55.4. The molecule has 0 saturated heterocycles. The van der Waals surface area contributed by atoms with Crippen molar-refractivity contribution in [3.8, 4) is 0 Å². The minimum absolute atomic E-state index is 0.0177. The number of nitrogens with one attached hydrogen (secondary N) is 1. The number of allylic oxidation sites excluding steroid dienone is 6. The number of carbonyl (C=O) groups is 2. The van der Waals surface area contributed by atoms with Crippen molar-refractivity contribution in [3.05, 3.63) is 36.5 Å². The first-order chi connectivity index (χ1) is 34.5. The van der Waals surface area contributed by atoms with Crippen LogP contribution in [0.3, 0.4) is 0 Å². The Hall–Kier alpha value is -1.92. The molecule has 0 rings (SSSR count). The van der Waals surface area contributed by atoms with Gasteiger partial charge in [-0.15, -0.1) is 0 Å². The number of aliphatic hydroxyl groups excluding tert-OH is 2. The molecule has 0 aromatic rings. The summed E-state index contributed by atoms with van der Waals surface area (Å²) in [7, 11) is 0. The summed E-state index contributed by atoms with van der Waals surface area (Å²) in [5.74, 6) is -0.0674. The van der Waals surface area contributed by atoms with Gasteiger partial charge in [0.05, 0.1) is 25.4 Å². The predicted octanol–water partition coefficient (Wildman–Crippen LogP) is 19.6. The molecule has 0 heterocycles. The second-order valence-corrected chi connectivity index (χ2v) is 21.4. The Morgan fingerprint density at radius 3 is 1.16 bits per heavy atom. The molecular weight excluding hydrogens is 863 g/mol. The van der Waals surface area contributed by atoms with Gasteiger partial charge in [0, 0.05) is 12.8 Å². The van der Waals surface area contributed by atoms with Gasteiger partial charge >= 0.3 is 5.97 Å². The maximum absolute atomic E-state index is 12.5. The van der Waals surface area contributed by atoms with Crippen molar-refractivity contribution in [2.24, 2.45) is 0 Å². The monoisotopic (exact) mass is 984 g/mol. The number of hydrogen-bond acceptors (Lipinski definition) is 5. The van der Waals surface area contributed by atoms with Gasteiger partial charge in [-0.1, -0.05) is 281 Å². The van der Waals surface area contributed by atoms with E-state index in [4.69, 9.17) is 4.74 Å². The van der Waals surface area contributed by atoms with Crippen LogP contribution in [0.15, 0.2) is 36.5 Å². The fraction of sp³-hybridized carbons (Fsp3) is 0.875. The van der Waals surface area contributed by atoms with Crippen LogP contribution in [0.25, 0.3) is 0 Å². The van der Waals surface area contributed by atoms with Crippen LogP contribution in [0, 0.1) is 0 Å². The number of carbonyl (C=O) groups excluding carboxylic acids is 2. The Labute approximate surface area is 436 Å². The van der Waals surface area contributed by atoms with Gasteiger partial charge in [0.15, 0.2) is 0 Å². The zero-order chi connectivity index (χ0) is 50.7. The summed E-state index contributed by atoms with van der Waals surface area (Å²) in [4.78, 5) is 24.5. The molecule has 0 aromatic heterocycles. The minimum Gasteiger partial charge on any atom is -0.466 e. The normalized spacial score (nSPS) is 12.8. The lowest BCUT2D eigenvalue weighted by atomic mass is 10.0. The molecule has 6 heteroatoms. The van der Waals surface area contributed by atoms with Crippen molar-refractivity contribution in [2.45, 2.75) is 347 Å². The lowest BCUT2D eigenvalue weighted by molar-refractivity contribution is -0.143. The van der Waals surface area contributed by atoms with Gasteiger partial charge in [-0.2, -0.15) is 0 Å². The van der Waals surface area contributed by atoms with Gasteiger partial charge in [0.2, 0.25) is 5.91 Å². The topological polar surface area (TPSA) is 95.9 Å². The van der Waals surface area contributed by atoms with Crippen molar-refractivity contribution in [3.63, 3.8) is 0 Å². The molecule has 0 fully saturated rings. The van der Waals surface area contributed by atoms with Crippen LogP contribution in [0.5, 0.6) is 0 Å². The summed E-state index contributed by atoms with van der Waals surface area (Å²) in [5.41, 5.74) is 0. The molecule has 0 spiro atoms. The number of unbranched alkanes of at least 4 members (excludes halogenated alkanes) is 41. The Balaban J connectivity index is 3.47. The summed E-state index contributed by atoms with van der Waals surface area (Å²) in [5, 5.41) is 23.4. The molecule has 3 N–H and O–H groups in total. The van der Waals surface area contributed by atoms with E-state index in [0.717, 1.165) is 70.6 Å².